The Morgan fingerprint density at radius 2 is 2.20 bits per heavy atom. The fourth-order valence-electron chi connectivity index (χ4n) is 2.19. The minimum absolute atomic E-state index is 0.144. The van der Waals surface area contributed by atoms with Crippen LogP contribution >= 0.6 is 11.3 Å². The summed E-state index contributed by atoms with van der Waals surface area (Å²) >= 11 is 1.28. The zero-order chi connectivity index (χ0) is 14.3. The van der Waals surface area contributed by atoms with E-state index in [0.29, 0.717) is 16.7 Å². The molecule has 2 N–H and O–H groups in total. The molecule has 0 aromatic carbocycles. The summed E-state index contributed by atoms with van der Waals surface area (Å²) in [7, 11) is 0. The number of rotatable bonds is 4. The first-order valence-electron chi connectivity index (χ1n) is 6.38. The number of carbonyl (C=O) groups is 2. The number of aryl methyl sites for hydroxylation is 1. The molecular weight excluding hydrogens is 276 g/mol. The summed E-state index contributed by atoms with van der Waals surface area (Å²) in [6.45, 7) is 1.82. The van der Waals surface area contributed by atoms with Crippen LogP contribution < -0.4 is 5.32 Å². The first-order chi connectivity index (χ1) is 9.56. The number of nitrogens with one attached hydrogen (secondary N) is 1. The normalized spacial score (nSPS) is 14.2. The number of aromatic nitrogens is 1. The van der Waals surface area contributed by atoms with Gasteiger partial charge in [-0.1, -0.05) is 0 Å². The lowest BCUT2D eigenvalue weighted by molar-refractivity contribution is 0.0698. The van der Waals surface area contributed by atoms with Crippen molar-refractivity contribution in [1.82, 2.24) is 4.57 Å². The van der Waals surface area contributed by atoms with Crippen molar-refractivity contribution in [2.75, 3.05) is 5.32 Å². The largest absolute Gasteiger partial charge is 0.478 e. The summed E-state index contributed by atoms with van der Waals surface area (Å²) in [5.41, 5.74) is 0.722. The summed E-state index contributed by atoms with van der Waals surface area (Å²) < 4.78 is 1.95. The molecule has 0 unspecified atom stereocenters. The molecule has 3 rings (SSSR count). The second kappa shape index (κ2) is 4.79. The topological polar surface area (TPSA) is 71.3 Å². The average Bonchev–Trinajstić information content (AvgIpc) is 2.99. The van der Waals surface area contributed by atoms with Crippen LogP contribution in [0.5, 0.6) is 0 Å². The Morgan fingerprint density at radius 3 is 2.85 bits per heavy atom. The standard InChI is InChI=1S/C14H14N2O3S/c1-8-7-10(14(18)19)13(20-8)15-12(17)11-3-2-6-16(11)9-4-5-9/h2-3,6-7,9H,4-5H2,1H3,(H,15,17)(H,18,19). The van der Waals surface area contributed by atoms with Crippen LogP contribution in [0.2, 0.25) is 0 Å². The van der Waals surface area contributed by atoms with Crippen LogP contribution in [0.3, 0.4) is 0 Å². The van der Waals surface area contributed by atoms with Gasteiger partial charge >= 0.3 is 5.97 Å². The summed E-state index contributed by atoms with van der Waals surface area (Å²) in [5.74, 6) is -1.28. The predicted molar refractivity (Wildman–Crippen MR) is 76.7 cm³/mol. The number of carbonyl (C=O) groups excluding carboxylic acids is 1. The van der Waals surface area contributed by atoms with E-state index in [4.69, 9.17) is 5.11 Å². The van der Waals surface area contributed by atoms with E-state index in [0.717, 1.165) is 17.7 Å². The summed E-state index contributed by atoms with van der Waals surface area (Å²) in [5, 5.41) is 12.2. The van der Waals surface area contributed by atoms with Gasteiger partial charge in [-0.05, 0) is 38.0 Å². The molecular formula is C14H14N2O3S. The SMILES string of the molecule is Cc1cc(C(=O)O)c(NC(=O)c2cccn2C2CC2)s1. The molecule has 0 bridgehead atoms. The van der Waals surface area contributed by atoms with Crippen molar-refractivity contribution in [3.63, 3.8) is 0 Å². The number of thiophene rings is 1. The number of hydrogen-bond acceptors (Lipinski definition) is 3. The third-order valence-electron chi connectivity index (χ3n) is 3.26. The van der Waals surface area contributed by atoms with Gasteiger partial charge in [0.25, 0.3) is 5.91 Å². The molecule has 0 aliphatic heterocycles. The molecule has 20 heavy (non-hydrogen) atoms. The number of aromatic carboxylic acids is 1. The lowest BCUT2D eigenvalue weighted by Crippen LogP contribution is -2.17. The van der Waals surface area contributed by atoms with E-state index in [1.54, 1.807) is 12.1 Å². The van der Waals surface area contributed by atoms with Gasteiger partial charge in [0.15, 0.2) is 0 Å². The fourth-order valence-corrected chi connectivity index (χ4v) is 3.09. The first-order valence-corrected chi connectivity index (χ1v) is 7.20. The molecule has 6 heteroatoms. The van der Waals surface area contributed by atoms with Crippen molar-refractivity contribution in [3.05, 3.63) is 40.5 Å². The van der Waals surface area contributed by atoms with Crippen molar-refractivity contribution >= 4 is 28.2 Å². The monoisotopic (exact) mass is 290 g/mol. The van der Waals surface area contributed by atoms with Gasteiger partial charge in [-0.2, -0.15) is 0 Å². The second-order valence-electron chi connectivity index (χ2n) is 4.89. The highest BCUT2D eigenvalue weighted by Gasteiger charge is 2.27. The molecule has 2 aromatic heterocycles. The third kappa shape index (κ3) is 2.34. The van der Waals surface area contributed by atoms with Gasteiger partial charge in [-0.15, -0.1) is 11.3 Å². The Kier molecular flexibility index (Phi) is 3.10. The van der Waals surface area contributed by atoms with Gasteiger partial charge in [-0.25, -0.2) is 4.79 Å². The average molecular weight is 290 g/mol. The highest BCUT2D eigenvalue weighted by Crippen LogP contribution is 2.36. The third-order valence-corrected chi connectivity index (χ3v) is 4.23. The van der Waals surface area contributed by atoms with Crippen LogP contribution in [-0.2, 0) is 0 Å². The minimum atomic E-state index is -1.03. The molecule has 1 fully saturated rings. The van der Waals surface area contributed by atoms with Crippen LogP contribution in [-0.4, -0.2) is 21.6 Å². The van der Waals surface area contributed by atoms with Crippen molar-refractivity contribution in [3.8, 4) is 0 Å². The minimum Gasteiger partial charge on any atom is -0.478 e. The highest BCUT2D eigenvalue weighted by molar-refractivity contribution is 7.16. The van der Waals surface area contributed by atoms with Gasteiger partial charge in [0.1, 0.15) is 10.7 Å². The molecule has 1 saturated carbocycles. The summed E-state index contributed by atoms with van der Waals surface area (Å²) in [4.78, 5) is 24.3. The Labute approximate surface area is 119 Å². The lowest BCUT2D eigenvalue weighted by atomic mass is 10.3. The molecule has 0 saturated heterocycles. The van der Waals surface area contributed by atoms with Gasteiger partial charge < -0.3 is 15.0 Å². The van der Waals surface area contributed by atoms with Crippen LogP contribution in [0.4, 0.5) is 5.00 Å². The van der Waals surface area contributed by atoms with Crippen molar-refractivity contribution in [2.24, 2.45) is 0 Å². The van der Waals surface area contributed by atoms with E-state index in [1.165, 1.54) is 11.3 Å². The first kappa shape index (κ1) is 12.9. The maximum Gasteiger partial charge on any atom is 0.338 e. The van der Waals surface area contributed by atoms with Gasteiger partial charge in [0, 0.05) is 17.1 Å². The number of carboxylic acids is 1. The van der Waals surface area contributed by atoms with Crippen molar-refractivity contribution in [1.29, 1.82) is 0 Å². The van der Waals surface area contributed by atoms with Crippen LogP contribution in [0, 0.1) is 6.92 Å². The molecule has 0 radical (unpaired) electrons. The number of hydrogen-bond donors (Lipinski definition) is 2. The quantitative estimate of drug-likeness (QED) is 0.908. The molecule has 2 aromatic rings. The van der Waals surface area contributed by atoms with E-state index in [1.807, 2.05) is 23.8 Å². The highest BCUT2D eigenvalue weighted by atomic mass is 32.1. The molecule has 2 heterocycles. The van der Waals surface area contributed by atoms with E-state index in [-0.39, 0.29) is 11.5 Å². The van der Waals surface area contributed by atoms with Gasteiger partial charge in [-0.3, -0.25) is 4.79 Å². The smallest absolute Gasteiger partial charge is 0.338 e. The Hall–Kier alpha value is -2.08. The van der Waals surface area contributed by atoms with Gasteiger partial charge in [0.2, 0.25) is 0 Å². The zero-order valence-corrected chi connectivity index (χ0v) is 11.7. The van der Waals surface area contributed by atoms with Crippen LogP contribution in [0.15, 0.2) is 24.4 Å². The Balaban J connectivity index is 1.85. The lowest BCUT2D eigenvalue weighted by Gasteiger charge is -2.08. The Morgan fingerprint density at radius 1 is 1.45 bits per heavy atom. The van der Waals surface area contributed by atoms with E-state index >= 15 is 0 Å². The van der Waals surface area contributed by atoms with Crippen LogP contribution in [0.1, 0.15) is 44.6 Å². The van der Waals surface area contributed by atoms with Crippen molar-refractivity contribution in [2.45, 2.75) is 25.8 Å². The zero-order valence-electron chi connectivity index (χ0n) is 10.9. The van der Waals surface area contributed by atoms with E-state index in [2.05, 4.69) is 5.32 Å². The molecule has 5 nitrogen and oxygen atoms in total. The van der Waals surface area contributed by atoms with E-state index < -0.39 is 5.97 Å². The number of carboxylic acid groups (broad SMARTS) is 1. The van der Waals surface area contributed by atoms with Gasteiger partial charge in [0.05, 0.1) is 5.56 Å². The molecule has 1 aliphatic carbocycles. The molecule has 0 atom stereocenters. The Bertz CT molecular complexity index is 682. The van der Waals surface area contributed by atoms with E-state index in [9.17, 15) is 9.59 Å². The fraction of sp³-hybridized carbons (Fsp3) is 0.286. The molecule has 104 valence electrons. The number of nitrogens with zero attached hydrogens (tertiary/aromatic N) is 1. The molecule has 1 amide bonds. The maximum absolute atomic E-state index is 12.3. The second-order valence-corrected chi connectivity index (χ2v) is 6.15. The molecule has 1 aliphatic rings. The van der Waals surface area contributed by atoms with Crippen molar-refractivity contribution < 1.29 is 14.7 Å². The van der Waals surface area contributed by atoms with Crippen LogP contribution in [0.25, 0.3) is 0 Å². The summed E-state index contributed by atoms with van der Waals surface area (Å²) in [6.07, 6.45) is 4.07. The maximum atomic E-state index is 12.3. The predicted octanol–water partition coefficient (Wildman–Crippen LogP) is 3.14. The molecule has 0 spiro atoms. The number of anilines is 1. The summed E-state index contributed by atoms with van der Waals surface area (Å²) in [6, 6.07) is 5.58. The number of amides is 1.